The topological polar surface area (TPSA) is 66.6 Å². The van der Waals surface area contributed by atoms with E-state index in [4.69, 9.17) is 14.7 Å². The van der Waals surface area contributed by atoms with E-state index in [0.29, 0.717) is 6.61 Å². The number of nitrogens with one attached hydrogen (secondary N) is 2. The Hall–Kier alpha value is -4.39. The molecular weight excluding hydrogens is 500 g/mol. The fraction of sp³-hybridized carbons (Fsp3) is 0.0909. The Morgan fingerprint density at radius 3 is 2.13 bits per heavy atom. The van der Waals surface area contributed by atoms with Gasteiger partial charge in [0.15, 0.2) is 5.44 Å². The summed E-state index contributed by atoms with van der Waals surface area (Å²) in [5.74, 6) is 0. The smallest absolute Gasteiger partial charge is 0.151 e. The van der Waals surface area contributed by atoms with E-state index in [0.717, 1.165) is 66.4 Å². The summed E-state index contributed by atoms with van der Waals surface area (Å²) in [6.07, 6.45) is 4.14. The van der Waals surface area contributed by atoms with Gasteiger partial charge in [-0.1, -0.05) is 72.4 Å². The molecule has 2 N–H and O–H groups in total. The Balaban J connectivity index is 1.65. The van der Waals surface area contributed by atoms with Gasteiger partial charge in [-0.25, -0.2) is 9.97 Å². The second kappa shape index (κ2) is 10.1. The summed E-state index contributed by atoms with van der Waals surface area (Å²) in [6.45, 7) is 2.61. The van der Waals surface area contributed by atoms with Gasteiger partial charge in [-0.05, 0) is 66.6 Å². The summed E-state index contributed by atoms with van der Waals surface area (Å²) in [6, 6.07) is 33.4. The van der Waals surface area contributed by atoms with Crippen molar-refractivity contribution >= 4 is 46.0 Å². The van der Waals surface area contributed by atoms with Crippen LogP contribution in [0, 0.1) is 0 Å². The zero-order valence-corrected chi connectivity index (χ0v) is 22.2. The van der Waals surface area contributed by atoms with Crippen molar-refractivity contribution in [3.05, 3.63) is 114 Å². The number of nitrogens with zero attached hydrogens (tertiary/aromatic N) is 2. The molecule has 1 unspecified atom stereocenters. The Morgan fingerprint density at radius 2 is 1.38 bits per heavy atom. The first-order chi connectivity index (χ1) is 19.2. The number of hydrogen-bond acceptors (Lipinski definition) is 4. The van der Waals surface area contributed by atoms with E-state index in [1.54, 1.807) is 11.8 Å². The highest BCUT2D eigenvalue weighted by atomic mass is 32.2. The average Bonchev–Trinajstić information content (AvgIpc) is 3.77. The van der Waals surface area contributed by atoms with Crippen LogP contribution in [0.4, 0.5) is 0 Å². The van der Waals surface area contributed by atoms with Crippen LogP contribution in [0.2, 0.25) is 0 Å². The molecule has 2 aliphatic heterocycles. The van der Waals surface area contributed by atoms with E-state index in [2.05, 4.69) is 107 Å². The van der Waals surface area contributed by atoms with Crippen LogP contribution < -0.4 is 0 Å². The van der Waals surface area contributed by atoms with Crippen LogP contribution in [0.25, 0.3) is 56.5 Å². The molecule has 5 aromatic rings. The van der Waals surface area contributed by atoms with E-state index in [1.807, 2.05) is 19.1 Å². The Kier molecular flexibility index (Phi) is 6.11. The van der Waals surface area contributed by atoms with Crippen LogP contribution in [0.15, 0.2) is 102 Å². The lowest BCUT2D eigenvalue weighted by molar-refractivity contribution is 0.126. The summed E-state index contributed by atoms with van der Waals surface area (Å²) >= 11 is 1.65. The molecule has 0 aliphatic carbocycles. The SMILES string of the molecule is CCOC1Sc2nc1c(-c1ccccc1)c1ccc(cc3ccc(cc4nc(c2-c2ccccc2)C=C4)[nH]3)[nH]1. The molecule has 190 valence electrons. The predicted molar refractivity (Wildman–Crippen MR) is 161 cm³/mol. The van der Waals surface area contributed by atoms with E-state index < -0.39 is 0 Å². The summed E-state index contributed by atoms with van der Waals surface area (Å²) in [4.78, 5) is 17.5. The third kappa shape index (κ3) is 4.58. The van der Waals surface area contributed by atoms with E-state index in [-0.39, 0.29) is 5.44 Å². The molecule has 0 fully saturated rings. The predicted octanol–water partition coefficient (Wildman–Crippen LogP) is 8.65. The number of hydrogen-bond donors (Lipinski definition) is 2. The first-order valence-corrected chi connectivity index (χ1v) is 13.9. The van der Waals surface area contributed by atoms with E-state index >= 15 is 0 Å². The Morgan fingerprint density at radius 1 is 0.718 bits per heavy atom. The van der Waals surface area contributed by atoms with Crippen molar-refractivity contribution in [2.24, 2.45) is 0 Å². The molecule has 8 bridgehead atoms. The number of H-pyrrole nitrogens is 2. The average molecular weight is 527 g/mol. The van der Waals surface area contributed by atoms with Crippen LogP contribution in [0.3, 0.4) is 0 Å². The highest BCUT2D eigenvalue weighted by Crippen LogP contribution is 2.48. The van der Waals surface area contributed by atoms with Gasteiger partial charge >= 0.3 is 0 Å². The molecule has 0 radical (unpaired) electrons. The molecule has 2 aliphatic rings. The van der Waals surface area contributed by atoms with Crippen molar-refractivity contribution in [3.63, 3.8) is 0 Å². The summed E-state index contributed by atoms with van der Waals surface area (Å²) in [7, 11) is 0. The molecule has 0 saturated carbocycles. The molecule has 5 heterocycles. The molecule has 3 aromatic heterocycles. The fourth-order valence-corrected chi connectivity index (χ4v) is 6.28. The fourth-order valence-electron chi connectivity index (χ4n) is 5.09. The lowest BCUT2D eigenvalue weighted by Gasteiger charge is -2.13. The van der Waals surface area contributed by atoms with Crippen molar-refractivity contribution < 1.29 is 4.74 Å². The Labute approximate surface area is 230 Å². The Bertz CT molecular complexity index is 1860. The van der Waals surface area contributed by atoms with Crippen molar-refractivity contribution in [3.8, 4) is 22.3 Å². The highest BCUT2D eigenvalue weighted by Gasteiger charge is 2.29. The van der Waals surface area contributed by atoms with Crippen LogP contribution in [0.1, 0.15) is 29.4 Å². The molecule has 0 amide bonds. The quantitative estimate of drug-likeness (QED) is 0.241. The molecular formula is C33H26N4OS. The zero-order valence-electron chi connectivity index (χ0n) is 21.4. The number of fused-ring (bicyclic) bond motifs is 8. The number of aromatic nitrogens is 4. The lowest BCUT2D eigenvalue weighted by atomic mass is 10.0. The second-order valence-corrected chi connectivity index (χ2v) is 10.5. The second-order valence-electron chi connectivity index (χ2n) is 9.43. The maximum Gasteiger partial charge on any atom is 0.151 e. The largest absolute Gasteiger partial charge is 0.361 e. The summed E-state index contributed by atoms with van der Waals surface area (Å²) < 4.78 is 6.32. The molecule has 7 rings (SSSR count). The number of benzene rings is 2. The minimum Gasteiger partial charge on any atom is -0.361 e. The van der Waals surface area contributed by atoms with Crippen molar-refractivity contribution in [1.29, 1.82) is 0 Å². The van der Waals surface area contributed by atoms with Gasteiger partial charge in [0.25, 0.3) is 0 Å². The number of aromatic amines is 2. The van der Waals surface area contributed by atoms with Gasteiger partial charge < -0.3 is 14.7 Å². The summed E-state index contributed by atoms with van der Waals surface area (Å²) in [5.41, 5.74) is 10.7. The number of rotatable bonds is 4. The van der Waals surface area contributed by atoms with E-state index in [9.17, 15) is 0 Å². The maximum absolute atomic E-state index is 6.32. The molecule has 1 atom stereocenters. The first kappa shape index (κ1) is 23.7. The van der Waals surface area contributed by atoms with Gasteiger partial charge in [-0.15, -0.1) is 0 Å². The van der Waals surface area contributed by atoms with Crippen LogP contribution >= 0.6 is 11.8 Å². The third-order valence-electron chi connectivity index (χ3n) is 6.82. The minimum absolute atomic E-state index is 0.253. The molecule has 6 heteroatoms. The van der Waals surface area contributed by atoms with Crippen LogP contribution in [0.5, 0.6) is 0 Å². The number of ether oxygens (including phenoxy) is 1. The standard InChI is InChI=1S/C33H26N4OS/c1-2-38-33-31-29(21-9-5-3-6-10-21)27-17-15-25(35-27)19-23-13-14-24(34-23)20-26-16-18-28(36-26)30(32(37-31)39-33)22-11-7-4-8-12-22/h3-20,33-35H,2H2,1H3. The van der Waals surface area contributed by atoms with Crippen molar-refractivity contribution in [1.82, 2.24) is 19.9 Å². The maximum atomic E-state index is 6.32. The van der Waals surface area contributed by atoms with Gasteiger partial charge in [0.1, 0.15) is 5.03 Å². The zero-order chi connectivity index (χ0) is 26.2. The van der Waals surface area contributed by atoms with Crippen LogP contribution in [-0.4, -0.2) is 26.5 Å². The van der Waals surface area contributed by atoms with Gasteiger partial charge in [0.05, 0.1) is 17.1 Å². The minimum atomic E-state index is -0.253. The van der Waals surface area contributed by atoms with Gasteiger partial charge in [0.2, 0.25) is 0 Å². The van der Waals surface area contributed by atoms with Crippen molar-refractivity contribution in [2.75, 3.05) is 6.61 Å². The van der Waals surface area contributed by atoms with Gasteiger partial charge in [0, 0.05) is 39.8 Å². The van der Waals surface area contributed by atoms with Crippen LogP contribution in [-0.2, 0) is 4.74 Å². The summed E-state index contributed by atoms with van der Waals surface area (Å²) in [5, 5.41) is 0.903. The normalized spacial score (nSPS) is 14.5. The molecule has 0 saturated heterocycles. The highest BCUT2D eigenvalue weighted by molar-refractivity contribution is 7.99. The third-order valence-corrected chi connectivity index (χ3v) is 7.91. The molecule has 2 aromatic carbocycles. The van der Waals surface area contributed by atoms with Gasteiger partial charge in [-0.3, -0.25) is 0 Å². The number of thioether (sulfide) groups is 1. The molecule has 5 nitrogen and oxygen atoms in total. The molecule has 0 spiro atoms. The lowest BCUT2D eigenvalue weighted by Crippen LogP contribution is -1.99. The monoisotopic (exact) mass is 526 g/mol. The van der Waals surface area contributed by atoms with E-state index in [1.165, 1.54) is 0 Å². The molecule has 39 heavy (non-hydrogen) atoms. The first-order valence-electron chi connectivity index (χ1n) is 13.1. The van der Waals surface area contributed by atoms with Gasteiger partial charge in [-0.2, -0.15) is 0 Å². The van der Waals surface area contributed by atoms with Crippen molar-refractivity contribution in [2.45, 2.75) is 17.4 Å².